The van der Waals surface area contributed by atoms with Crippen LogP contribution in [0.25, 0.3) is 0 Å². The van der Waals surface area contributed by atoms with E-state index in [1.807, 2.05) is 0 Å². The van der Waals surface area contributed by atoms with Gasteiger partial charge in [-0.1, -0.05) is 6.92 Å². The molecule has 0 radical (unpaired) electrons. The van der Waals surface area contributed by atoms with E-state index in [2.05, 4.69) is 0 Å². The lowest BCUT2D eigenvalue weighted by atomic mass is 10.1. The molecule has 0 spiro atoms. The third kappa shape index (κ3) is 3.85. The highest BCUT2D eigenvalue weighted by Gasteiger charge is 2.28. The number of methoxy groups -OCH3 is 1. The number of aromatic carboxylic acids is 1. The molecule has 1 aromatic carbocycles. The number of aryl methyl sites for hydroxylation is 1. The molecule has 1 saturated heterocycles. The number of carboxylic acids is 1. The van der Waals surface area contributed by atoms with E-state index >= 15 is 0 Å². The lowest BCUT2D eigenvalue weighted by Gasteiger charge is -2.34. The first-order chi connectivity index (χ1) is 13.4. The Labute approximate surface area is 162 Å². The Morgan fingerprint density at radius 1 is 1.04 bits per heavy atom. The number of hydrogen-bond acceptors (Lipinski definition) is 5. The number of carbonyl (C=O) groups is 3. The number of rotatable bonds is 5. The van der Waals surface area contributed by atoms with Crippen molar-refractivity contribution >= 4 is 17.8 Å². The van der Waals surface area contributed by atoms with Gasteiger partial charge in [-0.25, -0.2) is 4.79 Å². The highest BCUT2D eigenvalue weighted by atomic mass is 16.5. The minimum Gasteiger partial charge on any atom is -0.497 e. The zero-order valence-electron chi connectivity index (χ0n) is 15.8. The number of piperazine rings is 1. The van der Waals surface area contributed by atoms with Crippen LogP contribution in [-0.4, -0.2) is 66.0 Å². The second-order valence-corrected chi connectivity index (χ2v) is 6.42. The van der Waals surface area contributed by atoms with E-state index in [4.69, 9.17) is 9.15 Å². The van der Waals surface area contributed by atoms with Gasteiger partial charge in [0.05, 0.1) is 7.11 Å². The first-order valence-corrected chi connectivity index (χ1v) is 9.03. The van der Waals surface area contributed by atoms with E-state index in [1.54, 1.807) is 48.1 Å². The van der Waals surface area contributed by atoms with Gasteiger partial charge in [-0.2, -0.15) is 0 Å². The van der Waals surface area contributed by atoms with Crippen LogP contribution in [-0.2, 0) is 6.42 Å². The van der Waals surface area contributed by atoms with Crippen molar-refractivity contribution in [2.75, 3.05) is 33.3 Å². The maximum absolute atomic E-state index is 12.6. The van der Waals surface area contributed by atoms with E-state index in [0.717, 1.165) is 0 Å². The fraction of sp³-hybridized carbons (Fsp3) is 0.350. The van der Waals surface area contributed by atoms with Gasteiger partial charge >= 0.3 is 5.97 Å². The normalized spacial score (nSPS) is 14.1. The predicted molar refractivity (Wildman–Crippen MR) is 99.8 cm³/mol. The Kier molecular flexibility index (Phi) is 5.67. The molecule has 1 aromatic heterocycles. The highest BCUT2D eigenvalue weighted by molar-refractivity contribution is 5.97. The fourth-order valence-corrected chi connectivity index (χ4v) is 3.16. The molecule has 1 fully saturated rings. The van der Waals surface area contributed by atoms with Gasteiger partial charge in [-0.15, -0.1) is 0 Å². The van der Waals surface area contributed by atoms with Crippen molar-refractivity contribution in [2.24, 2.45) is 0 Å². The third-order valence-electron chi connectivity index (χ3n) is 4.76. The molecule has 0 atom stereocenters. The second kappa shape index (κ2) is 8.16. The molecule has 1 aliphatic heterocycles. The molecule has 0 saturated carbocycles. The summed E-state index contributed by atoms with van der Waals surface area (Å²) in [6.45, 7) is 3.26. The molecule has 2 aromatic rings. The van der Waals surface area contributed by atoms with Crippen molar-refractivity contribution in [3.05, 3.63) is 53.0 Å². The topological polar surface area (TPSA) is 100 Å². The molecular weight excluding hydrogens is 364 g/mol. The number of nitrogens with zero attached hydrogens (tertiary/aromatic N) is 2. The quantitative estimate of drug-likeness (QED) is 0.845. The molecular formula is C20H22N2O6. The van der Waals surface area contributed by atoms with Crippen LogP contribution >= 0.6 is 0 Å². The Hall–Kier alpha value is -3.29. The molecule has 3 rings (SSSR count). The van der Waals surface area contributed by atoms with Gasteiger partial charge in [-0.3, -0.25) is 9.59 Å². The third-order valence-corrected chi connectivity index (χ3v) is 4.76. The fourth-order valence-electron chi connectivity index (χ4n) is 3.16. The SMILES string of the molecule is CCc1oc(C(=O)N2CCN(C(=O)c3ccc(OC)cc3)CC2)cc1C(=O)O. The summed E-state index contributed by atoms with van der Waals surface area (Å²) in [5, 5.41) is 9.20. The zero-order valence-corrected chi connectivity index (χ0v) is 15.8. The molecule has 1 N–H and O–H groups in total. The van der Waals surface area contributed by atoms with Crippen LogP contribution in [0.4, 0.5) is 0 Å². The number of carboxylic acid groups (broad SMARTS) is 1. The number of ether oxygens (including phenoxy) is 1. The Bertz CT molecular complexity index is 879. The summed E-state index contributed by atoms with van der Waals surface area (Å²) >= 11 is 0. The zero-order chi connectivity index (χ0) is 20.3. The lowest BCUT2D eigenvalue weighted by Crippen LogP contribution is -2.50. The van der Waals surface area contributed by atoms with Crippen molar-refractivity contribution in [1.82, 2.24) is 9.80 Å². The van der Waals surface area contributed by atoms with Gasteiger partial charge < -0.3 is 24.1 Å². The molecule has 0 unspecified atom stereocenters. The van der Waals surface area contributed by atoms with Crippen LogP contribution in [0.1, 0.15) is 44.0 Å². The van der Waals surface area contributed by atoms with Crippen molar-refractivity contribution in [2.45, 2.75) is 13.3 Å². The molecule has 148 valence electrons. The minimum atomic E-state index is -1.12. The van der Waals surface area contributed by atoms with Crippen LogP contribution in [0.3, 0.4) is 0 Å². The largest absolute Gasteiger partial charge is 0.497 e. The molecule has 1 aliphatic rings. The van der Waals surface area contributed by atoms with Gasteiger partial charge in [0.25, 0.3) is 11.8 Å². The van der Waals surface area contributed by atoms with Crippen LogP contribution in [0.5, 0.6) is 5.75 Å². The number of carbonyl (C=O) groups excluding carboxylic acids is 2. The van der Waals surface area contributed by atoms with Gasteiger partial charge in [0.2, 0.25) is 0 Å². The monoisotopic (exact) mass is 386 g/mol. The smallest absolute Gasteiger partial charge is 0.339 e. The summed E-state index contributed by atoms with van der Waals surface area (Å²) < 4.78 is 10.5. The highest BCUT2D eigenvalue weighted by Crippen LogP contribution is 2.20. The lowest BCUT2D eigenvalue weighted by molar-refractivity contribution is 0.0517. The molecule has 0 bridgehead atoms. The number of amides is 2. The van der Waals surface area contributed by atoms with Gasteiger partial charge in [0.1, 0.15) is 17.1 Å². The number of furan rings is 1. The van der Waals surface area contributed by atoms with Crippen LogP contribution in [0.15, 0.2) is 34.7 Å². The van der Waals surface area contributed by atoms with E-state index in [0.29, 0.717) is 43.9 Å². The molecule has 28 heavy (non-hydrogen) atoms. The summed E-state index contributed by atoms with van der Waals surface area (Å²) in [4.78, 5) is 39.8. The minimum absolute atomic E-state index is 0.0131. The first kappa shape index (κ1) is 19.5. The summed E-state index contributed by atoms with van der Waals surface area (Å²) in [5.74, 6) is -0.603. The number of hydrogen-bond donors (Lipinski definition) is 1. The maximum Gasteiger partial charge on any atom is 0.339 e. The predicted octanol–water partition coefficient (Wildman–Crippen LogP) is 2.15. The number of benzene rings is 1. The second-order valence-electron chi connectivity index (χ2n) is 6.42. The summed E-state index contributed by atoms with van der Waals surface area (Å²) in [6.07, 6.45) is 0.388. The van der Waals surface area contributed by atoms with Crippen molar-refractivity contribution < 1.29 is 28.6 Å². The average Bonchev–Trinajstić information content (AvgIpc) is 3.18. The van der Waals surface area contributed by atoms with E-state index < -0.39 is 5.97 Å². The van der Waals surface area contributed by atoms with E-state index in [-0.39, 0.29) is 28.9 Å². The van der Waals surface area contributed by atoms with Gasteiger partial charge in [0, 0.05) is 44.2 Å². The van der Waals surface area contributed by atoms with Crippen molar-refractivity contribution in [3.8, 4) is 5.75 Å². The maximum atomic E-state index is 12.6. The van der Waals surface area contributed by atoms with E-state index in [9.17, 15) is 19.5 Å². The standard InChI is InChI=1S/C20H22N2O6/c1-3-16-15(20(25)26)12-17(28-16)19(24)22-10-8-21(9-11-22)18(23)13-4-6-14(27-2)7-5-13/h4-7,12H,3,8-11H2,1-2H3,(H,25,26). The Morgan fingerprint density at radius 2 is 1.61 bits per heavy atom. The van der Waals surface area contributed by atoms with Crippen LogP contribution < -0.4 is 4.74 Å². The Balaban J connectivity index is 1.63. The summed E-state index contributed by atoms with van der Waals surface area (Å²) in [6, 6.07) is 8.16. The molecule has 0 aliphatic carbocycles. The van der Waals surface area contributed by atoms with Crippen LogP contribution in [0, 0.1) is 0 Å². The summed E-state index contributed by atoms with van der Waals surface area (Å²) in [7, 11) is 1.56. The molecule has 8 heteroatoms. The van der Waals surface area contributed by atoms with Crippen molar-refractivity contribution in [3.63, 3.8) is 0 Å². The van der Waals surface area contributed by atoms with E-state index in [1.165, 1.54) is 6.07 Å². The van der Waals surface area contributed by atoms with Gasteiger partial charge in [-0.05, 0) is 24.3 Å². The molecule has 2 heterocycles. The summed E-state index contributed by atoms with van der Waals surface area (Å²) in [5.41, 5.74) is 0.574. The molecule has 8 nitrogen and oxygen atoms in total. The first-order valence-electron chi connectivity index (χ1n) is 9.03. The van der Waals surface area contributed by atoms with Crippen molar-refractivity contribution in [1.29, 1.82) is 0 Å². The Morgan fingerprint density at radius 3 is 2.07 bits per heavy atom. The van der Waals surface area contributed by atoms with Gasteiger partial charge in [0.15, 0.2) is 5.76 Å². The molecule has 2 amide bonds. The average molecular weight is 386 g/mol. The van der Waals surface area contributed by atoms with Crippen LogP contribution in [0.2, 0.25) is 0 Å².